The van der Waals surface area contributed by atoms with Crippen LogP contribution in [0.15, 0.2) is 54.7 Å². The number of benzene rings is 2. The highest BCUT2D eigenvalue weighted by atomic mass is 16.5. The smallest absolute Gasteiger partial charge is 0.407 e. The number of carbonyl (C=O) groups excluding carboxylic acids is 2. The van der Waals surface area contributed by atoms with Gasteiger partial charge in [0.15, 0.2) is 0 Å². The molecule has 1 aliphatic carbocycles. The zero-order chi connectivity index (χ0) is 24.2. The molecule has 4 rings (SSSR count). The zero-order valence-corrected chi connectivity index (χ0v) is 19.0. The molecule has 0 saturated carbocycles. The van der Waals surface area contributed by atoms with Crippen LogP contribution in [0.1, 0.15) is 39.5 Å². The number of amides is 2. The number of hydrogen-bond donors (Lipinski definition) is 2. The maximum atomic E-state index is 12.8. The van der Waals surface area contributed by atoms with Crippen molar-refractivity contribution in [2.45, 2.75) is 18.9 Å². The molecular weight excluding hydrogens is 436 g/mol. The van der Waals surface area contributed by atoms with Crippen molar-refractivity contribution in [1.29, 1.82) is 0 Å². The molecule has 2 amide bonds. The molecule has 0 atom stereocenters. The standard InChI is InChI=1S/C25H26N4O5/c1-28(12-11-22(30)31)24(32)23-16(14-27-29(23)2)13-26-25(33)34-15-21-19-9-5-3-7-17(19)18-8-4-6-10-20(18)21/h3-10,14,21H,11-13,15H2,1-2H3,(H,26,33)(H,30,31). The molecule has 0 saturated heterocycles. The lowest BCUT2D eigenvalue weighted by Gasteiger charge is -2.17. The normalized spacial score (nSPS) is 12.1. The van der Waals surface area contributed by atoms with Crippen molar-refractivity contribution < 1.29 is 24.2 Å². The Hall–Kier alpha value is -4.14. The summed E-state index contributed by atoms with van der Waals surface area (Å²) in [6.07, 6.45) is 0.749. The summed E-state index contributed by atoms with van der Waals surface area (Å²) in [6.45, 7) is 0.313. The van der Waals surface area contributed by atoms with Crippen LogP contribution in [0.3, 0.4) is 0 Å². The Morgan fingerprint density at radius 3 is 2.32 bits per heavy atom. The summed E-state index contributed by atoms with van der Waals surface area (Å²) in [7, 11) is 3.15. The number of aromatic nitrogens is 2. The number of nitrogens with one attached hydrogen (secondary N) is 1. The van der Waals surface area contributed by atoms with Crippen molar-refractivity contribution in [3.8, 4) is 11.1 Å². The summed E-state index contributed by atoms with van der Waals surface area (Å²) in [5.41, 5.74) is 5.35. The Kier molecular flexibility index (Phi) is 6.62. The summed E-state index contributed by atoms with van der Waals surface area (Å²) in [5, 5.41) is 15.7. The average molecular weight is 463 g/mol. The van der Waals surface area contributed by atoms with Crippen LogP contribution in [0.4, 0.5) is 4.79 Å². The predicted molar refractivity (Wildman–Crippen MR) is 124 cm³/mol. The first kappa shape index (κ1) is 23.0. The highest BCUT2D eigenvalue weighted by molar-refractivity contribution is 5.94. The van der Waals surface area contributed by atoms with Gasteiger partial charge in [-0.15, -0.1) is 0 Å². The molecule has 9 heteroatoms. The number of hydrogen-bond acceptors (Lipinski definition) is 5. The molecule has 0 radical (unpaired) electrons. The maximum absolute atomic E-state index is 12.8. The van der Waals surface area contributed by atoms with Gasteiger partial charge in [-0.1, -0.05) is 48.5 Å². The Bertz CT molecular complexity index is 1190. The number of alkyl carbamates (subject to hydrolysis) is 1. The van der Waals surface area contributed by atoms with Gasteiger partial charge in [0.1, 0.15) is 12.3 Å². The molecule has 176 valence electrons. The molecule has 2 N–H and O–H groups in total. The fraction of sp³-hybridized carbons (Fsp3) is 0.280. The van der Waals surface area contributed by atoms with Gasteiger partial charge in [0, 0.05) is 32.1 Å². The van der Waals surface area contributed by atoms with Crippen molar-refractivity contribution in [2.75, 3.05) is 20.2 Å². The van der Waals surface area contributed by atoms with E-state index in [0.29, 0.717) is 5.56 Å². The fourth-order valence-electron chi connectivity index (χ4n) is 4.25. The second-order valence-electron chi connectivity index (χ2n) is 8.19. The molecule has 0 bridgehead atoms. The van der Waals surface area contributed by atoms with Crippen molar-refractivity contribution in [3.63, 3.8) is 0 Å². The second-order valence-corrected chi connectivity index (χ2v) is 8.19. The molecule has 1 aliphatic rings. The Morgan fingerprint density at radius 1 is 1.09 bits per heavy atom. The lowest BCUT2D eigenvalue weighted by atomic mass is 9.98. The van der Waals surface area contributed by atoms with Crippen molar-refractivity contribution >= 4 is 18.0 Å². The summed E-state index contributed by atoms with van der Waals surface area (Å²) < 4.78 is 6.95. The molecule has 1 heterocycles. The molecule has 0 spiro atoms. The van der Waals surface area contributed by atoms with E-state index in [-0.39, 0.29) is 43.6 Å². The van der Waals surface area contributed by atoms with E-state index in [9.17, 15) is 14.4 Å². The molecule has 1 aromatic heterocycles. The van der Waals surface area contributed by atoms with Crippen LogP contribution < -0.4 is 5.32 Å². The number of carboxylic acids is 1. The predicted octanol–water partition coefficient (Wildman–Crippen LogP) is 3.01. The number of carbonyl (C=O) groups is 3. The molecule has 34 heavy (non-hydrogen) atoms. The van der Waals surface area contributed by atoms with E-state index >= 15 is 0 Å². The first-order valence-electron chi connectivity index (χ1n) is 10.9. The third-order valence-corrected chi connectivity index (χ3v) is 5.99. The largest absolute Gasteiger partial charge is 0.481 e. The minimum Gasteiger partial charge on any atom is -0.481 e. The Morgan fingerprint density at radius 2 is 1.71 bits per heavy atom. The van der Waals surface area contributed by atoms with E-state index in [0.717, 1.165) is 22.3 Å². The van der Waals surface area contributed by atoms with Crippen LogP contribution in [-0.4, -0.2) is 58.0 Å². The number of fused-ring (bicyclic) bond motifs is 3. The fourth-order valence-corrected chi connectivity index (χ4v) is 4.25. The number of carboxylic acid groups (broad SMARTS) is 1. The van der Waals surface area contributed by atoms with Crippen LogP contribution in [0.5, 0.6) is 0 Å². The minimum atomic E-state index is -0.984. The molecule has 2 aromatic carbocycles. The van der Waals surface area contributed by atoms with E-state index in [1.807, 2.05) is 24.3 Å². The first-order valence-corrected chi connectivity index (χ1v) is 10.9. The zero-order valence-electron chi connectivity index (χ0n) is 19.0. The molecule has 0 aliphatic heterocycles. The Labute approximate surface area is 196 Å². The monoisotopic (exact) mass is 462 g/mol. The molecule has 0 fully saturated rings. The van der Waals surface area contributed by atoms with E-state index in [1.54, 1.807) is 7.05 Å². The number of rotatable bonds is 8. The van der Waals surface area contributed by atoms with Crippen molar-refractivity contribution in [3.05, 3.63) is 77.1 Å². The number of nitrogens with zero attached hydrogens (tertiary/aromatic N) is 3. The van der Waals surface area contributed by atoms with Gasteiger partial charge in [0.05, 0.1) is 19.2 Å². The summed E-state index contributed by atoms with van der Waals surface area (Å²) in [5.74, 6) is -1.40. The molecular formula is C25H26N4O5. The third kappa shape index (κ3) is 4.63. The van der Waals surface area contributed by atoms with Crippen LogP contribution in [0.25, 0.3) is 11.1 Å². The summed E-state index contributed by atoms with van der Waals surface area (Å²) in [4.78, 5) is 37.4. The lowest BCUT2D eigenvalue weighted by molar-refractivity contribution is -0.137. The van der Waals surface area contributed by atoms with Gasteiger partial charge in [-0.3, -0.25) is 14.3 Å². The van der Waals surface area contributed by atoms with Gasteiger partial charge in [0.2, 0.25) is 0 Å². The van der Waals surface area contributed by atoms with Crippen LogP contribution in [-0.2, 0) is 23.1 Å². The Balaban J connectivity index is 1.38. The SMILES string of the molecule is CN(CCC(=O)O)C(=O)c1c(CNC(=O)OCC2c3ccccc3-c3ccccc32)cnn1C. The van der Waals surface area contributed by atoms with Crippen LogP contribution in [0.2, 0.25) is 0 Å². The number of aliphatic carboxylic acids is 1. The van der Waals surface area contributed by atoms with Crippen molar-refractivity contribution in [1.82, 2.24) is 20.0 Å². The van der Waals surface area contributed by atoms with Gasteiger partial charge >= 0.3 is 12.1 Å². The second kappa shape index (κ2) is 9.78. The van der Waals surface area contributed by atoms with Crippen LogP contribution in [0, 0.1) is 0 Å². The van der Waals surface area contributed by atoms with Gasteiger partial charge in [-0.25, -0.2) is 4.79 Å². The maximum Gasteiger partial charge on any atom is 0.407 e. The van der Waals surface area contributed by atoms with Gasteiger partial charge < -0.3 is 20.1 Å². The number of aryl methyl sites for hydroxylation is 1. The van der Waals surface area contributed by atoms with E-state index in [2.05, 4.69) is 34.7 Å². The average Bonchev–Trinajstić information content (AvgIpc) is 3.36. The quantitative estimate of drug-likeness (QED) is 0.532. The van der Waals surface area contributed by atoms with E-state index < -0.39 is 12.1 Å². The van der Waals surface area contributed by atoms with E-state index in [4.69, 9.17) is 9.84 Å². The highest BCUT2D eigenvalue weighted by Crippen LogP contribution is 2.44. The molecule has 0 unspecified atom stereocenters. The van der Waals surface area contributed by atoms with Crippen molar-refractivity contribution in [2.24, 2.45) is 7.05 Å². The molecule has 9 nitrogen and oxygen atoms in total. The summed E-state index contributed by atoms with van der Waals surface area (Å²) >= 11 is 0. The summed E-state index contributed by atoms with van der Waals surface area (Å²) in [6, 6.07) is 16.2. The molecule has 3 aromatic rings. The van der Waals surface area contributed by atoms with Gasteiger partial charge in [0.25, 0.3) is 5.91 Å². The van der Waals surface area contributed by atoms with Crippen LogP contribution >= 0.6 is 0 Å². The lowest BCUT2D eigenvalue weighted by Crippen LogP contribution is -2.32. The van der Waals surface area contributed by atoms with Gasteiger partial charge in [-0.05, 0) is 22.3 Å². The number of ether oxygens (including phenoxy) is 1. The van der Waals surface area contributed by atoms with Gasteiger partial charge in [-0.2, -0.15) is 5.10 Å². The topological polar surface area (TPSA) is 114 Å². The highest BCUT2D eigenvalue weighted by Gasteiger charge is 2.29. The first-order chi connectivity index (χ1) is 16.4. The third-order valence-electron chi connectivity index (χ3n) is 5.99. The minimum absolute atomic E-state index is 0.0448. The van der Waals surface area contributed by atoms with E-state index in [1.165, 1.54) is 22.8 Å².